The average Bonchev–Trinajstić information content (AvgIpc) is 2.56. The third kappa shape index (κ3) is 1.41. The minimum Gasteiger partial charge on any atom is -0.368 e. The first-order valence-electron chi connectivity index (χ1n) is 3.76. The highest BCUT2D eigenvalue weighted by Gasteiger charge is 2.07. The van der Waals surface area contributed by atoms with E-state index in [0.29, 0.717) is 5.15 Å². The fraction of sp³-hybridized carbons (Fsp3) is 0.250. The minimum atomic E-state index is 0.504. The lowest BCUT2D eigenvalue weighted by atomic mass is 10.2. The predicted molar refractivity (Wildman–Crippen MR) is 48.7 cm³/mol. The van der Waals surface area contributed by atoms with Gasteiger partial charge in [0.25, 0.3) is 0 Å². The number of nitrogens with zero attached hydrogens (tertiary/aromatic N) is 2. The summed E-state index contributed by atoms with van der Waals surface area (Å²) in [7, 11) is 0. The van der Waals surface area contributed by atoms with Gasteiger partial charge in [0.2, 0.25) is 0 Å². The Labute approximate surface area is 75.5 Å². The number of hydrogen-bond donors (Lipinski definition) is 1. The van der Waals surface area contributed by atoms with Crippen LogP contribution in [0, 0.1) is 0 Å². The number of aromatic nitrogens is 1. The summed E-state index contributed by atoms with van der Waals surface area (Å²) < 4.78 is 0. The van der Waals surface area contributed by atoms with Gasteiger partial charge < -0.3 is 5.32 Å². The van der Waals surface area contributed by atoms with E-state index in [1.165, 1.54) is 0 Å². The minimum absolute atomic E-state index is 0.504. The third-order valence-corrected chi connectivity index (χ3v) is 1.88. The predicted octanol–water partition coefficient (Wildman–Crippen LogP) is 1.08. The first-order valence-corrected chi connectivity index (χ1v) is 4.14. The molecule has 1 aromatic heterocycles. The highest BCUT2D eigenvalue weighted by atomic mass is 35.5. The summed E-state index contributed by atoms with van der Waals surface area (Å²) in [5.74, 6) is 0.916. The van der Waals surface area contributed by atoms with Crippen LogP contribution in [0.5, 0.6) is 0 Å². The van der Waals surface area contributed by atoms with Gasteiger partial charge in [-0.1, -0.05) is 11.6 Å². The van der Waals surface area contributed by atoms with Crippen molar-refractivity contribution in [3.8, 4) is 0 Å². The van der Waals surface area contributed by atoms with E-state index in [0.717, 1.165) is 24.5 Å². The molecular formula is C8H8ClN3. The van der Waals surface area contributed by atoms with E-state index in [2.05, 4.69) is 15.3 Å². The molecule has 3 nitrogen and oxygen atoms in total. The van der Waals surface area contributed by atoms with Crippen molar-refractivity contribution in [1.82, 2.24) is 10.3 Å². The molecule has 2 rings (SSSR count). The highest BCUT2D eigenvalue weighted by Crippen LogP contribution is 2.08. The zero-order valence-electron chi connectivity index (χ0n) is 6.42. The smallest absolute Gasteiger partial charge is 0.129 e. The summed E-state index contributed by atoms with van der Waals surface area (Å²) in [6, 6.07) is 3.70. The van der Waals surface area contributed by atoms with Crippen LogP contribution in [0.3, 0.4) is 0 Å². The molecule has 0 fully saturated rings. The van der Waals surface area contributed by atoms with Gasteiger partial charge in [0.05, 0.1) is 6.54 Å². The summed E-state index contributed by atoms with van der Waals surface area (Å²) >= 11 is 5.73. The van der Waals surface area contributed by atoms with Gasteiger partial charge in [0, 0.05) is 18.3 Å². The maximum absolute atomic E-state index is 5.73. The second-order valence-electron chi connectivity index (χ2n) is 2.52. The number of rotatable bonds is 1. The zero-order valence-corrected chi connectivity index (χ0v) is 7.17. The zero-order chi connectivity index (χ0) is 8.39. The SMILES string of the molecule is Clc1cc(C2=NCCN2)ccn1. The maximum Gasteiger partial charge on any atom is 0.129 e. The fourth-order valence-electron chi connectivity index (χ4n) is 1.14. The molecule has 0 saturated heterocycles. The second-order valence-corrected chi connectivity index (χ2v) is 2.91. The van der Waals surface area contributed by atoms with E-state index in [-0.39, 0.29) is 0 Å². The van der Waals surface area contributed by atoms with Crippen molar-refractivity contribution in [1.29, 1.82) is 0 Å². The van der Waals surface area contributed by atoms with Gasteiger partial charge in [0.1, 0.15) is 11.0 Å². The normalized spacial score (nSPS) is 15.6. The molecule has 0 unspecified atom stereocenters. The van der Waals surface area contributed by atoms with Crippen molar-refractivity contribution in [2.45, 2.75) is 0 Å². The van der Waals surface area contributed by atoms with Gasteiger partial charge in [-0.25, -0.2) is 4.98 Å². The molecule has 0 spiro atoms. The van der Waals surface area contributed by atoms with Gasteiger partial charge >= 0.3 is 0 Å². The molecule has 62 valence electrons. The van der Waals surface area contributed by atoms with Crippen LogP contribution in [-0.4, -0.2) is 23.9 Å². The summed E-state index contributed by atoms with van der Waals surface area (Å²) in [6.07, 6.45) is 1.68. The van der Waals surface area contributed by atoms with Crippen LogP contribution in [0.4, 0.5) is 0 Å². The number of pyridine rings is 1. The summed E-state index contributed by atoms with van der Waals surface area (Å²) in [6.45, 7) is 1.75. The average molecular weight is 182 g/mol. The van der Waals surface area contributed by atoms with E-state index in [4.69, 9.17) is 11.6 Å². The monoisotopic (exact) mass is 181 g/mol. The molecule has 0 atom stereocenters. The maximum atomic E-state index is 5.73. The molecule has 1 aliphatic heterocycles. The lowest BCUT2D eigenvalue weighted by Gasteiger charge is -2.00. The quantitative estimate of drug-likeness (QED) is 0.659. The van der Waals surface area contributed by atoms with Gasteiger partial charge in [-0.3, -0.25) is 4.99 Å². The highest BCUT2D eigenvalue weighted by molar-refractivity contribution is 6.29. The van der Waals surface area contributed by atoms with E-state index >= 15 is 0 Å². The Kier molecular flexibility index (Phi) is 1.96. The van der Waals surface area contributed by atoms with Crippen LogP contribution in [0.1, 0.15) is 5.56 Å². The van der Waals surface area contributed by atoms with Crippen LogP contribution in [-0.2, 0) is 0 Å². The lowest BCUT2D eigenvalue weighted by Crippen LogP contribution is -2.19. The number of halogens is 1. The summed E-state index contributed by atoms with van der Waals surface area (Å²) in [4.78, 5) is 8.16. The van der Waals surface area contributed by atoms with E-state index in [9.17, 15) is 0 Å². The third-order valence-electron chi connectivity index (χ3n) is 1.67. The van der Waals surface area contributed by atoms with Crippen molar-refractivity contribution in [3.05, 3.63) is 29.0 Å². The van der Waals surface area contributed by atoms with E-state index < -0.39 is 0 Å². The molecule has 0 radical (unpaired) electrons. The molecule has 12 heavy (non-hydrogen) atoms. The molecule has 1 aliphatic rings. The van der Waals surface area contributed by atoms with Crippen molar-refractivity contribution >= 4 is 17.4 Å². The molecule has 0 bridgehead atoms. The van der Waals surface area contributed by atoms with Gasteiger partial charge in [-0.2, -0.15) is 0 Å². The van der Waals surface area contributed by atoms with Gasteiger partial charge in [0.15, 0.2) is 0 Å². The van der Waals surface area contributed by atoms with Crippen LogP contribution >= 0.6 is 11.6 Å². The van der Waals surface area contributed by atoms with Crippen molar-refractivity contribution in [3.63, 3.8) is 0 Å². The molecule has 0 saturated carbocycles. The number of hydrogen-bond acceptors (Lipinski definition) is 3. The Morgan fingerprint density at radius 3 is 3.08 bits per heavy atom. The molecule has 1 aromatic rings. The van der Waals surface area contributed by atoms with Crippen molar-refractivity contribution in [2.75, 3.05) is 13.1 Å². The molecule has 1 N–H and O–H groups in total. The molecule has 0 aromatic carbocycles. The Bertz CT molecular complexity index is 322. The fourth-order valence-corrected chi connectivity index (χ4v) is 1.31. The van der Waals surface area contributed by atoms with Crippen LogP contribution in [0.25, 0.3) is 0 Å². The van der Waals surface area contributed by atoms with Gasteiger partial charge in [-0.05, 0) is 12.1 Å². The Morgan fingerprint density at radius 1 is 1.50 bits per heavy atom. The topological polar surface area (TPSA) is 37.3 Å². The summed E-state index contributed by atoms with van der Waals surface area (Å²) in [5.41, 5.74) is 1.01. The standard InChI is InChI=1S/C8H8ClN3/c9-7-5-6(1-2-10-7)8-11-3-4-12-8/h1-2,5H,3-4H2,(H,11,12). The molecule has 2 heterocycles. The number of nitrogens with one attached hydrogen (secondary N) is 1. The van der Waals surface area contributed by atoms with Crippen molar-refractivity contribution in [2.24, 2.45) is 4.99 Å². The van der Waals surface area contributed by atoms with E-state index in [1.807, 2.05) is 6.07 Å². The molecule has 0 aliphatic carbocycles. The molecular weight excluding hydrogens is 174 g/mol. The number of aliphatic imine (C=N–C) groups is 1. The first kappa shape index (κ1) is 7.55. The second kappa shape index (κ2) is 3.11. The van der Waals surface area contributed by atoms with Crippen molar-refractivity contribution < 1.29 is 0 Å². The first-order chi connectivity index (χ1) is 5.86. The Morgan fingerprint density at radius 2 is 2.42 bits per heavy atom. The Balaban J connectivity index is 2.33. The number of amidine groups is 1. The molecule has 0 amide bonds. The van der Waals surface area contributed by atoms with Crippen LogP contribution in [0.2, 0.25) is 5.15 Å². The van der Waals surface area contributed by atoms with Crippen LogP contribution in [0.15, 0.2) is 23.3 Å². The van der Waals surface area contributed by atoms with E-state index in [1.54, 1.807) is 12.3 Å². The van der Waals surface area contributed by atoms with Crippen LogP contribution < -0.4 is 5.32 Å². The van der Waals surface area contributed by atoms with Gasteiger partial charge in [-0.15, -0.1) is 0 Å². The largest absolute Gasteiger partial charge is 0.368 e. The summed E-state index contributed by atoms with van der Waals surface area (Å²) in [5, 5.41) is 3.67. The Hall–Kier alpha value is -1.09. The lowest BCUT2D eigenvalue weighted by molar-refractivity contribution is 0.960. The molecule has 4 heteroatoms.